The fraction of sp³-hybridized carbons (Fsp3) is 0.571. The molecule has 0 unspecified atom stereocenters. The van der Waals surface area contributed by atoms with Crippen molar-refractivity contribution in [3.63, 3.8) is 0 Å². The molecule has 1 heterocycles. The van der Waals surface area contributed by atoms with E-state index >= 15 is 0 Å². The number of aliphatic carboxylic acids is 1. The Labute approximate surface area is 133 Å². The van der Waals surface area contributed by atoms with Crippen LogP contribution < -0.4 is 5.32 Å². The molecule has 1 amide bonds. The molecular weight excluding hydrogens is 315 g/mol. The second kappa shape index (κ2) is 6.28. The maximum Gasteiger partial charge on any atom is 0.305 e. The molecule has 0 bridgehead atoms. The van der Waals surface area contributed by atoms with Crippen LogP contribution in [0.1, 0.15) is 49.0 Å². The zero-order chi connectivity index (χ0) is 15.6. The number of amides is 1. The number of halogens is 2. The lowest BCUT2D eigenvalue weighted by atomic mass is 9.79. The van der Waals surface area contributed by atoms with Crippen LogP contribution in [0.4, 0.5) is 0 Å². The van der Waals surface area contributed by atoms with Crippen molar-refractivity contribution in [2.75, 3.05) is 0 Å². The Morgan fingerprint density at radius 1 is 1.33 bits per heavy atom. The SMILES string of the molecule is Cn1c(C(=O)NC2(CC(=O)O)CCCCC2)cc(Cl)c1Cl. The van der Waals surface area contributed by atoms with Crippen molar-refractivity contribution in [3.8, 4) is 0 Å². The molecule has 0 spiro atoms. The third kappa shape index (κ3) is 3.52. The average molecular weight is 333 g/mol. The molecule has 0 atom stereocenters. The number of carbonyl (C=O) groups excluding carboxylic acids is 1. The van der Waals surface area contributed by atoms with E-state index in [4.69, 9.17) is 28.3 Å². The lowest BCUT2D eigenvalue weighted by Gasteiger charge is -2.37. The van der Waals surface area contributed by atoms with Gasteiger partial charge >= 0.3 is 5.97 Å². The maximum absolute atomic E-state index is 12.4. The van der Waals surface area contributed by atoms with Gasteiger partial charge in [-0.15, -0.1) is 0 Å². The fourth-order valence-electron chi connectivity index (χ4n) is 2.93. The van der Waals surface area contributed by atoms with Crippen molar-refractivity contribution >= 4 is 35.1 Å². The molecule has 7 heteroatoms. The molecule has 116 valence electrons. The van der Waals surface area contributed by atoms with Crippen molar-refractivity contribution in [3.05, 3.63) is 21.9 Å². The molecule has 0 saturated heterocycles. The van der Waals surface area contributed by atoms with Crippen molar-refractivity contribution in [1.29, 1.82) is 0 Å². The van der Waals surface area contributed by atoms with E-state index in [1.165, 1.54) is 10.6 Å². The van der Waals surface area contributed by atoms with Gasteiger partial charge in [-0.2, -0.15) is 0 Å². The predicted molar refractivity (Wildman–Crippen MR) is 81.0 cm³/mol. The number of rotatable bonds is 4. The van der Waals surface area contributed by atoms with E-state index in [0.29, 0.717) is 23.6 Å². The second-order valence-electron chi connectivity index (χ2n) is 5.59. The number of nitrogens with zero attached hydrogens (tertiary/aromatic N) is 1. The summed E-state index contributed by atoms with van der Waals surface area (Å²) in [5, 5.41) is 12.6. The van der Waals surface area contributed by atoms with Crippen molar-refractivity contribution in [2.24, 2.45) is 7.05 Å². The van der Waals surface area contributed by atoms with Gasteiger partial charge in [0.15, 0.2) is 0 Å². The topological polar surface area (TPSA) is 71.3 Å². The Bertz CT molecular complexity index is 563. The van der Waals surface area contributed by atoms with Gasteiger partial charge in [-0.05, 0) is 18.9 Å². The summed E-state index contributed by atoms with van der Waals surface area (Å²) in [7, 11) is 1.65. The van der Waals surface area contributed by atoms with E-state index in [1.807, 2.05) is 0 Å². The van der Waals surface area contributed by atoms with E-state index in [-0.39, 0.29) is 17.5 Å². The van der Waals surface area contributed by atoms with Crippen molar-refractivity contribution < 1.29 is 14.7 Å². The van der Waals surface area contributed by atoms with Crippen molar-refractivity contribution in [1.82, 2.24) is 9.88 Å². The molecule has 5 nitrogen and oxygen atoms in total. The molecule has 1 aliphatic carbocycles. The molecule has 2 rings (SSSR count). The number of carboxylic acid groups (broad SMARTS) is 1. The van der Waals surface area contributed by atoms with Crippen LogP contribution in [0.15, 0.2) is 6.07 Å². The highest BCUT2D eigenvalue weighted by Gasteiger charge is 2.36. The highest BCUT2D eigenvalue weighted by molar-refractivity contribution is 6.41. The number of carboxylic acids is 1. The Kier molecular flexibility index (Phi) is 4.84. The Morgan fingerprint density at radius 2 is 1.95 bits per heavy atom. The lowest BCUT2D eigenvalue weighted by molar-refractivity contribution is -0.139. The Morgan fingerprint density at radius 3 is 2.43 bits per heavy atom. The molecule has 2 N–H and O–H groups in total. The Hall–Kier alpha value is -1.20. The standard InChI is InChI=1S/C14H18Cl2N2O3/c1-18-10(7-9(15)12(18)16)13(21)17-14(8-11(19)20)5-3-2-4-6-14/h7H,2-6,8H2,1H3,(H,17,21)(H,19,20). The van der Waals surface area contributed by atoms with Gasteiger partial charge in [-0.3, -0.25) is 9.59 Å². The highest BCUT2D eigenvalue weighted by atomic mass is 35.5. The molecule has 0 radical (unpaired) electrons. The van der Waals surface area contributed by atoms with Crippen LogP contribution in [0.25, 0.3) is 0 Å². The summed E-state index contributed by atoms with van der Waals surface area (Å²) in [4.78, 5) is 23.6. The van der Waals surface area contributed by atoms with Gasteiger partial charge in [-0.1, -0.05) is 42.5 Å². The first kappa shape index (κ1) is 16.2. The van der Waals surface area contributed by atoms with E-state index < -0.39 is 11.5 Å². The van der Waals surface area contributed by atoms with Crippen LogP contribution in [0.5, 0.6) is 0 Å². The van der Waals surface area contributed by atoms with Gasteiger partial charge in [-0.25, -0.2) is 0 Å². The maximum atomic E-state index is 12.4. The molecule has 21 heavy (non-hydrogen) atoms. The van der Waals surface area contributed by atoms with Crippen LogP contribution in [0, 0.1) is 0 Å². The van der Waals surface area contributed by atoms with E-state index in [0.717, 1.165) is 19.3 Å². The number of hydrogen-bond donors (Lipinski definition) is 2. The molecule has 1 saturated carbocycles. The minimum atomic E-state index is -0.903. The number of nitrogens with one attached hydrogen (secondary N) is 1. The summed E-state index contributed by atoms with van der Waals surface area (Å²) < 4.78 is 1.50. The first-order valence-electron chi connectivity index (χ1n) is 6.90. The van der Waals surface area contributed by atoms with Crippen LogP contribution >= 0.6 is 23.2 Å². The fourth-order valence-corrected chi connectivity index (χ4v) is 3.30. The molecule has 1 aliphatic rings. The minimum Gasteiger partial charge on any atom is -0.481 e. The monoisotopic (exact) mass is 332 g/mol. The highest BCUT2D eigenvalue weighted by Crippen LogP contribution is 2.32. The summed E-state index contributed by atoms with van der Waals surface area (Å²) in [6.07, 6.45) is 4.20. The number of aromatic nitrogens is 1. The molecular formula is C14H18Cl2N2O3. The van der Waals surface area contributed by atoms with Crippen molar-refractivity contribution in [2.45, 2.75) is 44.1 Å². The molecule has 1 aromatic heterocycles. The van der Waals surface area contributed by atoms with Crippen LogP contribution in [-0.2, 0) is 11.8 Å². The smallest absolute Gasteiger partial charge is 0.305 e. The third-order valence-corrected chi connectivity index (χ3v) is 4.87. The summed E-state index contributed by atoms with van der Waals surface area (Å²) in [5.41, 5.74) is -0.343. The average Bonchev–Trinajstić information content (AvgIpc) is 2.66. The van der Waals surface area contributed by atoms with Gasteiger partial charge in [0.1, 0.15) is 10.8 Å². The molecule has 0 aliphatic heterocycles. The Balaban J connectivity index is 2.21. The summed E-state index contributed by atoms with van der Waals surface area (Å²) >= 11 is 11.9. The van der Waals surface area contributed by atoms with Gasteiger partial charge in [0.2, 0.25) is 0 Å². The van der Waals surface area contributed by atoms with Gasteiger partial charge in [0.05, 0.1) is 17.0 Å². The van der Waals surface area contributed by atoms with Gasteiger partial charge < -0.3 is 15.0 Å². The first-order valence-corrected chi connectivity index (χ1v) is 7.65. The predicted octanol–water partition coefficient (Wildman–Crippen LogP) is 3.24. The van der Waals surface area contributed by atoms with Crippen LogP contribution in [0.2, 0.25) is 10.2 Å². The quantitative estimate of drug-likeness (QED) is 0.889. The number of hydrogen-bond acceptors (Lipinski definition) is 2. The minimum absolute atomic E-state index is 0.0649. The zero-order valence-electron chi connectivity index (χ0n) is 11.8. The zero-order valence-corrected chi connectivity index (χ0v) is 13.3. The van der Waals surface area contributed by atoms with Crippen LogP contribution in [0.3, 0.4) is 0 Å². The molecule has 1 fully saturated rings. The summed E-state index contributed by atoms with van der Waals surface area (Å²) in [6.45, 7) is 0. The van der Waals surface area contributed by atoms with Gasteiger partial charge in [0, 0.05) is 7.05 Å². The lowest BCUT2D eigenvalue weighted by Crippen LogP contribution is -2.51. The third-order valence-electron chi connectivity index (χ3n) is 4.03. The van der Waals surface area contributed by atoms with E-state index in [1.54, 1.807) is 7.05 Å². The molecule has 1 aromatic rings. The van der Waals surface area contributed by atoms with Crippen LogP contribution in [-0.4, -0.2) is 27.1 Å². The second-order valence-corrected chi connectivity index (χ2v) is 6.36. The van der Waals surface area contributed by atoms with E-state index in [9.17, 15) is 9.59 Å². The summed E-state index contributed by atoms with van der Waals surface area (Å²) in [6, 6.07) is 1.50. The number of carbonyl (C=O) groups is 2. The van der Waals surface area contributed by atoms with E-state index in [2.05, 4.69) is 5.32 Å². The largest absolute Gasteiger partial charge is 0.481 e. The summed E-state index contributed by atoms with van der Waals surface area (Å²) in [5.74, 6) is -1.24. The normalized spacial score (nSPS) is 17.5. The van der Waals surface area contributed by atoms with Gasteiger partial charge in [0.25, 0.3) is 5.91 Å². The molecule has 0 aromatic carbocycles. The first-order chi connectivity index (χ1) is 9.84.